The summed E-state index contributed by atoms with van der Waals surface area (Å²) in [7, 11) is 1.78. The molecule has 0 bridgehead atoms. The quantitative estimate of drug-likeness (QED) is 0.941. The molecule has 1 atom stereocenters. The number of carboxylic acids is 1. The SMILES string of the molecule is Cn1c(C(=O)N2CCCC(C(=O)O)C2)ccc1-c1ccc(F)cc1. The minimum atomic E-state index is -0.855. The molecule has 0 aliphatic carbocycles. The summed E-state index contributed by atoms with van der Waals surface area (Å²) in [6.45, 7) is 0.810. The zero-order valence-electron chi connectivity index (χ0n) is 13.4. The third-order valence-electron chi connectivity index (χ3n) is 4.54. The van der Waals surface area contributed by atoms with E-state index in [0.717, 1.165) is 11.3 Å². The monoisotopic (exact) mass is 330 g/mol. The molecule has 3 rings (SSSR count). The van der Waals surface area contributed by atoms with Gasteiger partial charge in [0, 0.05) is 25.8 Å². The number of halogens is 1. The van der Waals surface area contributed by atoms with Gasteiger partial charge < -0.3 is 14.6 Å². The number of hydrogen-bond donors (Lipinski definition) is 1. The molecule has 1 amide bonds. The Balaban J connectivity index is 1.83. The maximum Gasteiger partial charge on any atom is 0.308 e. The summed E-state index contributed by atoms with van der Waals surface area (Å²) in [5, 5.41) is 9.16. The Morgan fingerprint density at radius 2 is 1.88 bits per heavy atom. The molecule has 1 N–H and O–H groups in total. The number of hydrogen-bond acceptors (Lipinski definition) is 2. The fourth-order valence-electron chi connectivity index (χ4n) is 3.16. The van der Waals surface area contributed by atoms with Crippen molar-refractivity contribution in [2.45, 2.75) is 12.8 Å². The summed E-state index contributed by atoms with van der Waals surface area (Å²) < 4.78 is 14.8. The van der Waals surface area contributed by atoms with Crippen LogP contribution in [-0.4, -0.2) is 39.5 Å². The normalized spacial score (nSPS) is 17.8. The summed E-state index contributed by atoms with van der Waals surface area (Å²) >= 11 is 0. The molecule has 126 valence electrons. The molecular weight excluding hydrogens is 311 g/mol. The van der Waals surface area contributed by atoms with E-state index in [-0.39, 0.29) is 18.3 Å². The van der Waals surface area contributed by atoms with Gasteiger partial charge in [0.25, 0.3) is 5.91 Å². The van der Waals surface area contributed by atoms with E-state index in [1.165, 1.54) is 12.1 Å². The van der Waals surface area contributed by atoms with E-state index in [1.54, 1.807) is 34.7 Å². The number of likely N-dealkylation sites (tertiary alicyclic amines) is 1. The first-order chi connectivity index (χ1) is 11.5. The van der Waals surface area contributed by atoms with Gasteiger partial charge in [-0.05, 0) is 54.8 Å². The molecule has 6 heteroatoms. The maximum absolute atomic E-state index is 13.1. The first kappa shape index (κ1) is 16.2. The average Bonchev–Trinajstić information content (AvgIpc) is 2.96. The van der Waals surface area contributed by atoms with Crippen LogP contribution in [0.3, 0.4) is 0 Å². The lowest BCUT2D eigenvalue weighted by Gasteiger charge is -2.30. The highest BCUT2D eigenvalue weighted by Crippen LogP contribution is 2.24. The smallest absolute Gasteiger partial charge is 0.308 e. The van der Waals surface area contributed by atoms with Gasteiger partial charge in [0.2, 0.25) is 0 Å². The Bertz CT molecular complexity index is 767. The molecule has 1 saturated heterocycles. The number of carbonyl (C=O) groups is 2. The third-order valence-corrected chi connectivity index (χ3v) is 4.54. The standard InChI is InChI=1S/C18H19FN2O3/c1-20-15(12-4-6-14(19)7-5-12)8-9-16(20)17(22)21-10-2-3-13(11-21)18(23)24/h4-9,13H,2-3,10-11H2,1H3,(H,23,24). The van der Waals surface area contributed by atoms with Gasteiger partial charge in [0.15, 0.2) is 0 Å². The van der Waals surface area contributed by atoms with Crippen molar-refractivity contribution in [3.05, 3.63) is 47.9 Å². The van der Waals surface area contributed by atoms with Gasteiger partial charge in [0.1, 0.15) is 11.5 Å². The van der Waals surface area contributed by atoms with Crippen LogP contribution in [0.25, 0.3) is 11.3 Å². The summed E-state index contributed by atoms with van der Waals surface area (Å²) in [5.41, 5.74) is 2.13. The Hall–Kier alpha value is -2.63. The molecule has 1 aromatic carbocycles. The molecule has 24 heavy (non-hydrogen) atoms. The van der Waals surface area contributed by atoms with Crippen LogP contribution in [0.4, 0.5) is 4.39 Å². The van der Waals surface area contributed by atoms with Crippen LogP contribution < -0.4 is 0 Å². The topological polar surface area (TPSA) is 62.5 Å². The van der Waals surface area contributed by atoms with Crippen LogP contribution in [0.2, 0.25) is 0 Å². The van der Waals surface area contributed by atoms with Gasteiger partial charge in [-0.1, -0.05) is 0 Å². The molecule has 1 aliphatic heterocycles. The highest BCUT2D eigenvalue weighted by atomic mass is 19.1. The van der Waals surface area contributed by atoms with E-state index < -0.39 is 11.9 Å². The van der Waals surface area contributed by atoms with E-state index in [4.69, 9.17) is 5.11 Å². The van der Waals surface area contributed by atoms with E-state index in [1.807, 2.05) is 6.07 Å². The number of nitrogens with zero attached hydrogens (tertiary/aromatic N) is 2. The number of aromatic nitrogens is 1. The first-order valence-electron chi connectivity index (χ1n) is 7.91. The van der Waals surface area contributed by atoms with Gasteiger partial charge in [-0.2, -0.15) is 0 Å². The van der Waals surface area contributed by atoms with Crippen molar-refractivity contribution in [3.8, 4) is 11.3 Å². The van der Waals surface area contributed by atoms with Crippen molar-refractivity contribution in [3.63, 3.8) is 0 Å². The van der Waals surface area contributed by atoms with Gasteiger partial charge in [-0.15, -0.1) is 0 Å². The molecule has 2 aromatic rings. The summed E-state index contributed by atoms with van der Waals surface area (Å²) in [4.78, 5) is 25.5. The third kappa shape index (κ3) is 3.04. The Kier molecular flexibility index (Phi) is 4.38. The lowest BCUT2D eigenvalue weighted by molar-refractivity contribution is -0.143. The van der Waals surface area contributed by atoms with E-state index in [9.17, 15) is 14.0 Å². The predicted molar refractivity (Wildman–Crippen MR) is 87.1 cm³/mol. The second-order valence-electron chi connectivity index (χ2n) is 6.10. The summed E-state index contributed by atoms with van der Waals surface area (Å²) in [6, 6.07) is 9.64. The number of piperidine rings is 1. The number of aliphatic carboxylic acids is 1. The van der Waals surface area contributed by atoms with Crippen molar-refractivity contribution in [1.82, 2.24) is 9.47 Å². The minimum absolute atomic E-state index is 0.170. The number of benzene rings is 1. The maximum atomic E-state index is 13.1. The highest BCUT2D eigenvalue weighted by molar-refractivity contribution is 5.94. The van der Waals surface area contributed by atoms with Gasteiger partial charge in [0.05, 0.1) is 5.92 Å². The van der Waals surface area contributed by atoms with Crippen molar-refractivity contribution in [2.24, 2.45) is 13.0 Å². The molecule has 1 aliphatic rings. The molecule has 1 unspecified atom stereocenters. The molecule has 1 fully saturated rings. The predicted octanol–water partition coefficient (Wildman–Crippen LogP) is 2.77. The Morgan fingerprint density at radius 3 is 2.54 bits per heavy atom. The van der Waals surface area contributed by atoms with Crippen LogP contribution in [0.15, 0.2) is 36.4 Å². The fourth-order valence-corrected chi connectivity index (χ4v) is 3.16. The van der Waals surface area contributed by atoms with E-state index >= 15 is 0 Å². The molecular formula is C18H19FN2O3. The largest absolute Gasteiger partial charge is 0.481 e. The molecule has 0 spiro atoms. The van der Waals surface area contributed by atoms with Crippen LogP contribution in [-0.2, 0) is 11.8 Å². The molecule has 1 aromatic heterocycles. The molecule has 0 saturated carbocycles. The van der Waals surface area contributed by atoms with Gasteiger partial charge in [-0.3, -0.25) is 9.59 Å². The van der Waals surface area contributed by atoms with Crippen LogP contribution in [0.1, 0.15) is 23.3 Å². The molecule has 2 heterocycles. The minimum Gasteiger partial charge on any atom is -0.481 e. The Morgan fingerprint density at radius 1 is 1.17 bits per heavy atom. The summed E-state index contributed by atoms with van der Waals surface area (Å²) in [5.74, 6) is -1.83. The van der Waals surface area contributed by atoms with Crippen molar-refractivity contribution in [2.75, 3.05) is 13.1 Å². The van der Waals surface area contributed by atoms with Gasteiger partial charge in [-0.25, -0.2) is 4.39 Å². The van der Waals surface area contributed by atoms with Gasteiger partial charge >= 0.3 is 5.97 Å². The van der Waals surface area contributed by atoms with E-state index in [0.29, 0.717) is 25.1 Å². The highest BCUT2D eigenvalue weighted by Gasteiger charge is 2.29. The second-order valence-corrected chi connectivity index (χ2v) is 6.10. The van der Waals surface area contributed by atoms with E-state index in [2.05, 4.69) is 0 Å². The molecule has 0 radical (unpaired) electrons. The zero-order valence-corrected chi connectivity index (χ0v) is 13.4. The second kappa shape index (κ2) is 6.47. The molecule has 5 nitrogen and oxygen atoms in total. The lowest BCUT2D eigenvalue weighted by Crippen LogP contribution is -2.42. The number of carbonyl (C=O) groups excluding carboxylic acids is 1. The Labute approximate surface area is 139 Å². The fraction of sp³-hybridized carbons (Fsp3) is 0.333. The van der Waals surface area contributed by atoms with Crippen molar-refractivity contribution in [1.29, 1.82) is 0 Å². The average molecular weight is 330 g/mol. The van der Waals surface area contributed by atoms with Crippen LogP contribution >= 0.6 is 0 Å². The lowest BCUT2D eigenvalue weighted by atomic mass is 9.98. The number of amides is 1. The van der Waals surface area contributed by atoms with Crippen molar-refractivity contribution < 1.29 is 19.1 Å². The first-order valence-corrected chi connectivity index (χ1v) is 7.91. The zero-order chi connectivity index (χ0) is 17.3. The van der Waals surface area contributed by atoms with Crippen LogP contribution in [0.5, 0.6) is 0 Å². The number of carboxylic acid groups (broad SMARTS) is 1. The van der Waals surface area contributed by atoms with Crippen molar-refractivity contribution >= 4 is 11.9 Å². The number of rotatable bonds is 3. The summed E-state index contributed by atoms with van der Waals surface area (Å²) in [6.07, 6.45) is 1.30. The van der Waals surface area contributed by atoms with Crippen LogP contribution in [0, 0.1) is 11.7 Å².